The molecule has 0 saturated heterocycles. The molecule has 0 aliphatic carbocycles. The second-order valence-corrected chi connectivity index (χ2v) is 6.75. The predicted molar refractivity (Wildman–Crippen MR) is 102 cm³/mol. The number of esters is 1. The third-order valence-electron chi connectivity index (χ3n) is 3.56. The highest BCUT2D eigenvalue weighted by Gasteiger charge is 2.35. The Morgan fingerprint density at radius 2 is 1.70 bits per heavy atom. The number of carbonyl (C=O) groups is 1. The zero-order valence-corrected chi connectivity index (χ0v) is 15.8. The van der Waals surface area contributed by atoms with Crippen LogP contribution in [0.3, 0.4) is 0 Å². The smallest absolute Gasteiger partial charge is 0.446 e. The summed E-state index contributed by atoms with van der Waals surface area (Å²) in [6, 6.07) is 16.1. The summed E-state index contributed by atoms with van der Waals surface area (Å²) in [5, 5.41) is 2.99. The molecule has 7 heteroatoms. The van der Waals surface area contributed by atoms with Crippen LogP contribution in [0.4, 0.5) is 13.2 Å². The molecule has 0 radical (unpaired) electrons. The molecule has 0 aliphatic heterocycles. The molecule has 0 heterocycles. The van der Waals surface area contributed by atoms with Crippen LogP contribution in [-0.4, -0.2) is 18.1 Å². The second kappa shape index (κ2) is 9.50. The first-order valence-corrected chi connectivity index (χ1v) is 9.13. The molecule has 2 aromatic rings. The minimum atomic E-state index is -4.62. The maximum atomic E-state index is 13.1. The Balaban J connectivity index is 2.48. The van der Waals surface area contributed by atoms with E-state index in [0.29, 0.717) is 5.56 Å². The molecule has 1 N–H and O–H groups in total. The van der Waals surface area contributed by atoms with Crippen molar-refractivity contribution in [1.82, 2.24) is 5.32 Å². The van der Waals surface area contributed by atoms with Crippen LogP contribution >= 0.6 is 11.8 Å². The molecule has 2 rings (SSSR count). The molecule has 27 heavy (non-hydrogen) atoms. The summed E-state index contributed by atoms with van der Waals surface area (Å²) in [6.07, 6.45) is 0. The minimum absolute atomic E-state index is 0.0133. The van der Waals surface area contributed by atoms with Crippen molar-refractivity contribution in [2.75, 3.05) is 6.61 Å². The van der Waals surface area contributed by atoms with E-state index in [1.54, 1.807) is 31.2 Å². The minimum Gasteiger partial charge on any atom is -0.462 e. The molecule has 2 aromatic carbocycles. The lowest BCUT2D eigenvalue weighted by Crippen LogP contribution is -2.20. The number of hydrogen-bond donors (Lipinski definition) is 1. The van der Waals surface area contributed by atoms with Crippen LogP contribution in [0.1, 0.15) is 23.6 Å². The van der Waals surface area contributed by atoms with Crippen molar-refractivity contribution < 1.29 is 22.7 Å². The Morgan fingerprint density at radius 1 is 1.07 bits per heavy atom. The van der Waals surface area contributed by atoms with E-state index in [0.717, 1.165) is 11.1 Å². The summed E-state index contributed by atoms with van der Waals surface area (Å²) >= 11 is -0.465. The molecule has 0 atom stereocenters. The number of ether oxygens (including phenoxy) is 1. The van der Waals surface area contributed by atoms with Gasteiger partial charge in [-0.05, 0) is 36.7 Å². The fraction of sp³-hybridized carbons (Fsp3) is 0.250. The SMILES string of the molecule is CCOC(=O)/C(SC(F)(F)F)=C(/NCc1ccccc1)c1ccc(C)cc1. The van der Waals surface area contributed by atoms with Gasteiger partial charge in [-0.25, -0.2) is 4.79 Å². The van der Waals surface area contributed by atoms with E-state index in [9.17, 15) is 18.0 Å². The first-order chi connectivity index (χ1) is 12.8. The van der Waals surface area contributed by atoms with Gasteiger partial charge in [0.15, 0.2) is 0 Å². The summed E-state index contributed by atoms with van der Waals surface area (Å²) in [4.78, 5) is 11.8. The molecule has 0 bridgehead atoms. The maximum Gasteiger partial charge on any atom is 0.446 e. The van der Waals surface area contributed by atoms with Crippen molar-refractivity contribution in [3.63, 3.8) is 0 Å². The standard InChI is InChI=1S/C20H20F3NO2S/c1-3-26-19(25)18(27-20(21,22)23)17(16-11-9-14(2)10-12-16)24-13-15-7-5-4-6-8-15/h4-12,24H,3,13H2,1-2H3/b18-17-. The second-order valence-electron chi connectivity index (χ2n) is 5.68. The van der Waals surface area contributed by atoms with Gasteiger partial charge in [0, 0.05) is 6.54 Å². The number of nitrogens with one attached hydrogen (secondary N) is 1. The molecular formula is C20H20F3NO2S. The Kier molecular flexibility index (Phi) is 7.36. The number of hydrogen-bond acceptors (Lipinski definition) is 4. The van der Waals surface area contributed by atoms with Gasteiger partial charge in [-0.15, -0.1) is 0 Å². The summed E-state index contributed by atoms with van der Waals surface area (Å²) in [5.41, 5.74) is -2.20. The van der Waals surface area contributed by atoms with E-state index < -0.39 is 28.1 Å². The highest BCUT2D eigenvalue weighted by Crippen LogP contribution is 2.40. The fourth-order valence-corrected chi connectivity index (χ4v) is 2.99. The number of halogens is 3. The molecule has 0 aromatic heterocycles. The van der Waals surface area contributed by atoms with Gasteiger partial charge in [0.1, 0.15) is 4.91 Å². The number of carbonyl (C=O) groups excluding carboxylic acids is 1. The number of aryl methyl sites for hydroxylation is 1. The van der Waals surface area contributed by atoms with Crippen LogP contribution in [0.15, 0.2) is 59.5 Å². The van der Waals surface area contributed by atoms with Crippen molar-refractivity contribution in [3.8, 4) is 0 Å². The molecule has 3 nitrogen and oxygen atoms in total. The number of benzene rings is 2. The molecule has 0 amide bonds. The normalized spacial score (nSPS) is 12.3. The van der Waals surface area contributed by atoms with Crippen molar-refractivity contribution in [3.05, 3.63) is 76.2 Å². The van der Waals surface area contributed by atoms with Crippen LogP contribution < -0.4 is 5.32 Å². The van der Waals surface area contributed by atoms with Crippen LogP contribution in [0, 0.1) is 6.92 Å². The lowest BCUT2D eigenvalue weighted by Gasteiger charge is -2.18. The van der Waals surface area contributed by atoms with Gasteiger partial charge in [-0.2, -0.15) is 13.2 Å². The van der Waals surface area contributed by atoms with Gasteiger partial charge >= 0.3 is 11.5 Å². The largest absolute Gasteiger partial charge is 0.462 e. The van der Waals surface area contributed by atoms with E-state index >= 15 is 0 Å². The lowest BCUT2D eigenvalue weighted by molar-refractivity contribution is -0.137. The zero-order valence-electron chi connectivity index (χ0n) is 15.0. The molecule has 144 valence electrons. The highest BCUT2D eigenvalue weighted by atomic mass is 32.2. The topological polar surface area (TPSA) is 38.3 Å². The van der Waals surface area contributed by atoms with E-state index in [2.05, 4.69) is 5.32 Å². The maximum absolute atomic E-state index is 13.1. The zero-order chi connectivity index (χ0) is 19.9. The molecule has 0 unspecified atom stereocenters. The van der Waals surface area contributed by atoms with Crippen LogP contribution in [-0.2, 0) is 16.1 Å². The predicted octanol–water partition coefficient (Wildman–Crippen LogP) is 5.27. The number of alkyl halides is 3. The Morgan fingerprint density at radius 3 is 2.26 bits per heavy atom. The quantitative estimate of drug-likeness (QED) is 0.512. The van der Waals surface area contributed by atoms with E-state index in [1.807, 2.05) is 37.3 Å². The van der Waals surface area contributed by atoms with Crippen LogP contribution in [0.5, 0.6) is 0 Å². The molecule has 0 spiro atoms. The molecule has 0 fully saturated rings. The third-order valence-corrected chi connectivity index (χ3v) is 4.36. The van der Waals surface area contributed by atoms with Gasteiger partial charge < -0.3 is 10.1 Å². The van der Waals surface area contributed by atoms with Gasteiger partial charge in [0.25, 0.3) is 0 Å². The fourth-order valence-electron chi connectivity index (χ4n) is 2.33. The van der Waals surface area contributed by atoms with Gasteiger partial charge in [-0.1, -0.05) is 60.2 Å². The average molecular weight is 395 g/mol. The lowest BCUT2D eigenvalue weighted by atomic mass is 10.1. The summed E-state index contributed by atoms with van der Waals surface area (Å²) in [6.45, 7) is 3.68. The Bertz CT molecular complexity index is 787. The van der Waals surface area contributed by atoms with Crippen molar-refractivity contribution >= 4 is 23.4 Å². The van der Waals surface area contributed by atoms with E-state index in [-0.39, 0.29) is 18.8 Å². The van der Waals surface area contributed by atoms with Gasteiger partial charge in [0.05, 0.1) is 12.3 Å². The van der Waals surface area contributed by atoms with Crippen LogP contribution in [0.25, 0.3) is 5.70 Å². The molecule has 0 aliphatic rings. The number of thioether (sulfide) groups is 1. The van der Waals surface area contributed by atoms with E-state index in [4.69, 9.17) is 4.74 Å². The highest BCUT2D eigenvalue weighted by molar-refractivity contribution is 8.05. The van der Waals surface area contributed by atoms with Gasteiger partial charge in [0.2, 0.25) is 0 Å². The monoisotopic (exact) mass is 395 g/mol. The summed E-state index contributed by atoms with van der Waals surface area (Å²) in [7, 11) is 0. The summed E-state index contributed by atoms with van der Waals surface area (Å²) < 4.78 is 44.2. The van der Waals surface area contributed by atoms with Gasteiger partial charge in [-0.3, -0.25) is 0 Å². The molecule has 0 saturated carbocycles. The summed E-state index contributed by atoms with van der Waals surface area (Å²) in [5.74, 6) is -1.00. The number of rotatable bonds is 7. The first kappa shape index (κ1) is 20.9. The van der Waals surface area contributed by atoms with Crippen molar-refractivity contribution in [1.29, 1.82) is 0 Å². The third kappa shape index (κ3) is 6.67. The molecular weight excluding hydrogens is 375 g/mol. The van der Waals surface area contributed by atoms with Crippen molar-refractivity contribution in [2.24, 2.45) is 0 Å². The Hall–Kier alpha value is -2.41. The van der Waals surface area contributed by atoms with Crippen molar-refractivity contribution in [2.45, 2.75) is 25.9 Å². The van der Waals surface area contributed by atoms with E-state index in [1.165, 1.54) is 0 Å². The van der Waals surface area contributed by atoms with Crippen LogP contribution in [0.2, 0.25) is 0 Å². The Labute approximate surface area is 160 Å². The average Bonchev–Trinajstić information content (AvgIpc) is 2.62. The first-order valence-electron chi connectivity index (χ1n) is 8.32.